The number of hydrogen-bond acceptors (Lipinski definition) is 4. The molecule has 1 aliphatic heterocycles. The van der Waals surface area contributed by atoms with Crippen LogP contribution >= 0.6 is 0 Å². The van der Waals surface area contributed by atoms with Crippen molar-refractivity contribution in [3.63, 3.8) is 0 Å². The number of methoxy groups -OCH3 is 2. The van der Waals surface area contributed by atoms with Crippen LogP contribution in [0.2, 0.25) is 0 Å². The van der Waals surface area contributed by atoms with Crippen LogP contribution in [0.25, 0.3) is 0 Å². The molecule has 1 aromatic carbocycles. The van der Waals surface area contributed by atoms with Gasteiger partial charge in [0.15, 0.2) is 0 Å². The van der Waals surface area contributed by atoms with Gasteiger partial charge in [-0.05, 0) is 25.5 Å². The lowest BCUT2D eigenvalue weighted by Gasteiger charge is -2.37. The monoisotopic (exact) mass is 252 g/mol. The second-order valence-electron chi connectivity index (χ2n) is 4.79. The van der Waals surface area contributed by atoms with Crippen molar-refractivity contribution < 1.29 is 19.3 Å². The highest BCUT2D eigenvalue weighted by Crippen LogP contribution is 2.40. The van der Waals surface area contributed by atoms with E-state index in [-0.39, 0.29) is 6.10 Å². The summed E-state index contributed by atoms with van der Waals surface area (Å²) in [5.74, 6) is 1.47. The summed E-state index contributed by atoms with van der Waals surface area (Å²) in [6.45, 7) is 2.55. The maximum absolute atomic E-state index is 9.82. The fourth-order valence-electron chi connectivity index (χ4n) is 2.45. The summed E-state index contributed by atoms with van der Waals surface area (Å²) in [5, 5.41) is 9.82. The predicted octanol–water partition coefficient (Wildman–Crippen LogP) is 2.09. The number of benzene rings is 1. The molecule has 0 amide bonds. The van der Waals surface area contributed by atoms with Crippen LogP contribution < -0.4 is 9.47 Å². The number of hydrogen-bond donors (Lipinski definition) is 1. The fraction of sp³-hybridized carbons (Fsp3) is 0.571. The maximum Gasteiger partial charge on any atom is 0.128 e. The average molecular weight is 252 g/mol. The van der Waals surface area contributed by atoms with Gasteiger partial charge in [0.05, 0.1) is 32.5 Å². The van der Waals surface area contributed by atoms with Gasteiger partial charge in [0.1, 0.15) is 11.5 Å². The molecule has 0 radical (unpaired) electrons. The van der Waals surface area contributed by atoms with Gasteiger partial charge in [0.2, 0.25) is 0 Å². The molecule has 18 heavy (non-hydrogen) atoms. The Labute approximate surface area is 107 Å². The smallest absolute Gasteiger partial charge is 0.128 e. The maximum atomic E-state index is 9.82. The Balaban J connectivity index is 2.36. The molecular weight excluding hydrogens is 232 g/mol. The minimum absolute atomic E-state index is 0.324. The molecule has 2 unspecified atom stereocenters. The summed E-state index contributed by atoms with van der Waals surface area (Å²) < 4.78 is 16.4. The summed E-state index contributed by atoms with van der Waals surface area (Å²) in [6, 6.07) is 5.66. The molecule has 0 spiro atoms. The third-order valence-electron chi connectivity index (χ3n) is 3.48. The van der Waals surface area contributed by atoms with Crippen LogP contribution in [0.4, 0.5) is 0 Å². The van der Waals surface area contributed by atoms with E-state index < -0.39 is 5.60 Å². The Morgan fingerprint density at radius 3 is 2.72 bits per heavy atom. The Kier molecular flexibility index (Phi) is 3.78. The molecule has 0 saturated carbocycles. The van der Waals surface area contributed by atoms with Gasteiger partial charge in [-0.3, -0.25) is 0 Å². The topological polar surface area (TPSA) is 47.9 Å². The van der Waals surface area contributed by atoms with Crippen LogP contribution in [0.5, 0.6) is 11.5 Å². The third kappa shape index (κ3) is 2.44. The molecule has 0 aliphatic carbocycles. The van der Waals surface area contributed by atoms with Crippen molar-refractivity contribution in [3.05, 3.63) is 23.8 Å². The van der Waals surface area contributed by atoms with Crippen LogP contribution in [-0.4, -0.2) is 32.0 Å². The van der Waals surface area contributed by atoms with Crippen LogP contribution in [0, 0.1) is 0 Å². The standard InChI is InChI=1S/C14H20O4/c1-14(9-10(15)6-7-18-14)12-5-4-11(16-2)8-13(12)17-3/h4-5,8,10,15H,6-7,9H2,1-3H3. The first-order chi connectivity index (χ1) is 8.59. The number of rotatable bonds is 3. The molecule has 1 aromatic rings. The average Bonchev–Trinajstić information content (AvgIpc) is 2.37. The number of aliphatic hydroxyl groups excluding tert-OH is 1. The van der Waals surface area contributed by atoms with Crippen molar-refractivity contribution in [2.75, 3.05) is 20.8 Å². The summed E-state index contributed by atoms with van der Waals surface area (Å²) in [4.78, 5) is 0. The van der Waals surface area contributed by atoms with Gasteiger partial charge in [-0.15, -0.1) is 0 Å². The predicted molar refractivity (Wildman–Crippen MR) is 68.1 cm³/mol. The lowest BCUT2D eigenvalue weighted by Crippen LogP contribution is -2.37. The minimum atomic E-state index is -0.505. The van der Waals surface area contributed by atoms with Gasteiger partial charge < -0.3 is 19.3 Å². The van der Waals surface area contributed by atoms with Gasteiger partial charge in [0, 0.05) is 18.1 Å². The van der Waals surface area contributed by atoms with E-state index in [2.05, 4.69) is 0 Å². The van der Waals surface area contributed by atoms with E-state index in [0.717, 1.165) is 17.1 Å². The summed E-state index contributed by atoms with van der Waals surface area (Å²) in [5.41, 5.74) is 0.444. The molecule has 1 heterocycles. The van der Waals surface area contributed by atoms with E-state index in [4.69, 9.17) is 14.2 Å². The van der Waals surface area contributed by atoms with E-state index in [9.17, 15) is 5.11 Å². The van der Waals surface area contributed by atoms with Crippen molar-refractivity contribution in [2.24, 2.45) is 0 Å². The van der Waals surface area contributed by atoms with E-state index >= 15 is 0 Å². The van der Waals surface area contributed by atoms with Crippen LogP contribution in [0.15, 0.2) is 18.2 Å². The summed E-state index contributed by atoms with van der Waals surface area (Å²) in [7, 11) is 3.25. The SMILES string of the molecule is COc1ccc(C2(C)CC(O)CCO2)c(OC)c1. The van der Waals surface area contributed by atoms with Gasteiger partial charge in [-0.2, -0.15) is 0 Å². The quantitative estimate of drug-likeness (QED) is 0.895. The van der Waals surface area contributed by atoms with Gasteiger partial charge in [-0.25, -0.2) is 0 Å². The first-order valence-corrected chi connectivity index (χ1v) is 6.13. The van der Waals surface area contributed by atoms with Crippen molar-refractivity contribution in [1.29, 1.82) is 0 Å². The molecule has 4 heteroatoms. The molecule has 4 nitrogen and oxygen atoms in total. The molecule has 100 valence electrons. The Morgan fingerprint density at radius 2 is 2.11 bits per heavy atom. The van der Waals surface area contributed by atoms with Crippen molar-refractivity contribution in [2.45, 2.75) is 31.5 Å². The number of aliphatic hydroxyl groups is 1. The Morgan fingerprint density at radius 1 is 1.33 bits per heavy atom. The summed E-state index contributed by atoms with van der Waals surface area (Å²) in [6.07, 6.45) is 0.944. The zero-order valence-corrected chi connectivity index (χ0v) is 11.1. The fourth-order valence-corrected chi connectivity index (χ4v) is 2.45. The lowest BCUT2D eigenvalue weighted by atomic mass is 9.86. The largest absolute Gasteiger partial charge is 0.497 e. The molecular formula is C14H20O4. The molecule has 1 saturated heterocycles. The highest BCUT2D eigenvalue weighted by Gasteiger charge is 2.36. The second kappa shape index (κ2) is 5.16. The molecule has 1 aliphatic rings. The first kappa shape index (κ1) is 13.2. The summed E-state index contributed by atoms with van der Waals surface area (Å²) >= 11 is 0. The van der Waals surface area contributed by atoms with Crippen LogP contribution in [-0.2, 0) is 10.3 Å². The zero-order valence-electron chi connectivity index (χ0n) is 11.1. The van der Waals surface area contributed by atoms with Crippen molar-refractivity contribution in [3.8, 4) is 11.5 Å². The van der Waals surface area contributed by atoms with Gasteiger partial charge in [-0.1, -0.05) is 0 Å². The van der Waals surface area contributed by atoms with E-state index in [1.165, 1.54) is 0 Å². The second-order valence-corrected chi connectivity index (χ2v) is 4.79. The first-order valence-electron chi connectivity index (χ1n) is 6.13. The normalized spacial score (nSPS) is 27.9. The van der Waals surface area contributed by atoms with Crippen molar-refractivity contribution >= 4 is 0 Å². The third-order valence-corrected chi connectivity index (χ3v) is 3.48. The molecule has 2 atom stereocenters. The van der Waals surface area contributed by atoms with E-state index in [0.29, 0.717) is 19.4 Å². The van der Waals surface area contributed by atoms with E-state index in [1.807, 2.05) is 25.1 Å². The highest BCUT2D eigenvalue weighted by atomic mass is 16.5. The van der Waals surface area contributed by atoms with E-state index in [1.54, 1.807) is 14.2 Å². The molecule has 1 N–H and O–H groups in total. The highest BCUT2D eigenvalue weighted by molar-refractivity contribution is 5.44. The Hall–Kier alpha value is -1.26. The molecule has 0 aromatic heterocycles. The Bertz CT molecular complexity index is 418. The molecule has 2 rings (SSSR count). The van der Waals surface area contributed by atoms with Gasteiger partial charge >= 0.3 is 0 Å². The van der Waals surface area contributed by atoms with Crippen LogP contribution in [0.3, 0.4) is 0 Å². The number of ether oxygens (including phenoxy) is 3. The van der Waals surface area contributed by atoms with Crippen LogP contribution in [0.1, 0.15) is 25.3 Å². The molecule has 1 fully saturated rings. The lowest BCUT2D eigenvalue weighted by molar-refractivity contribution is -0.113. The zero-order chi connectivity index (χ0) is 13.2. The minimum Gasteiger partial charge on any atom is -0.497 e. The molecule has 0 bridgehead atoms. The van der Waals surface area contributed by atoms with Crippen molar-refractivity contribution in [1.82, 2.24) is 0 Å². The van der Waals surface area contributed by atoms with Gasteiger partial charge in [0.25, 0.3) is 0 Å².